The SMILES string of the molecule is CCCNC(c1ccc(Cl)c(F)c1)c1ccnn1CC. The van der Waals surface area contributed by atoms with Crippen LogP contribution in [0.4, 0.5) is 4.39 Å². The van der Waals surface area contributed by atoms with Crippen molar-refractivity contribution in [3.05, 3.63) is 52.6 Å². The molecule has 0 saturated carbocycles. The fourth-order valence-corrected chi connectivity index (χ4v) is 2.34. The summed E-state index contributed by atoms with van der Waals surface area (Å²) in [5, 5.41) is 7.87. The number of halogens is 2. The Morgan fingerprint density at radius 2 is 2.15 bits per heavy atom. The van der Waals surface area contributed by atoms with E-state index in [-0.39, 0.29) is 11.1 Å². The summed E-state index contributed by atoms with van der Waals surface area (Å²) in [4.78, 5) is 0. The highest BCUT2D eigenvalue weighted by Gasteiger charge is 2.18. The average molecular weight is 296 g/mol. The van der Waals surface area contributed by atoms with Crippen LogP contribution in [0.25, 0.3) is 0 Å². The first-order chi connectivity index (χ1) is 9.67. The topological polar surface area (TPSA) is 29.9 Å². The second-order valence-electron chi connectivity index (χ2n) is 4.63. The summed E-state index contributed by atoms with van der Waals surface area (Å²) >= 11 is 5.76. The predicted molar refractivity (Wildman–Crippen MR) is 79.4 cm³/mol. The summed E-state index contributed by atoms with van der Waals surface area (Å²) in [6.07, 6.45) is 2.78. The minimum absolute atomic E-state index is 0.0795. The van der Waals surface area contributed by atoms with Gasteiger partial charge in [-0.05, 0) is 43.7 Å². The number of nitrogens with zero attached hydrogens (tertiary/aromatic N) is 2. The molecule has 0 aliphatic heterocycles. The lowest BCUT2D eigenvalue weighted by Crippen LogP contribution is -2.25. The number of aryl methyl sites for hydroxylation is 1. The summed E-state index contributed by atoms with van der Waals surface area (Å²) in [6, 6.07) is 6.82. The van der Waals surface area contributed by atoms with Gasteiger partial charge in [-0.2, -0.15) is 5.10 Å². The van der Waals surface area contributed by atoms with Crippen molar-refractivity contribution in [2.24, 2.45) is 0 Å². The van der Waals surface area contributed by atoms with Crippen LogP contribution < -0.4 is 5.32 Å². The fourth-order valence-electron chi connectivity index (χ4n) is 2.23. The Labute approximate surface area is 123 Å². The lowest BCUT2D eigenvalue weighted by Gasteiger charge is -2.20. The van der Waals surface area contributed by atoms with E-state index in [1.807, 2.05) is 23.7 Å². The van der Waals surface area contributed by atoms with Gasteiger partial charge in [-0.25, -0.2) is 4.39 Å². The van der Waals surface area contributed by atoms with Crippen LogP contribution >= 0.6 is 11.6 Å². The van der Waals surface area contributed by atoms with Crippen LogP contribution in [-0.4, -0.2) is 16.3 Å². The summed E-state index contributed by atoms with van der Waals surface area (Å²) in [5.74, 6) is -0.393. The molecule has 108 valence electrons. The van der Waals surface area contributed by atoms with Crippen molar-refractivity contribution >= 4 is 11.6 Å². The van der Waals surface area contributed by atoms with Crippen molar-refractivity contribution in [3.63, 3.8) is 0 Å². The molecule has 0 aliphatic carbocycles. The number of nitrogens with one attached hydrogen (secondary N) is 1. The molecule has 0 saturated heterocycles. The maximum Gasteiger partial charge on any atom is 0.142 e. The van der Waals surface area contributed by atoms with Crippen molar-refractivity contribution in [2.75, 3.05) is 6.54 Å². The van der Waals surface area contributed by atoms with Crippen molar-refractivity contribution in [3.8, 4) is 0 Å². The van der Waals surface area contributed by atoms with E-state index >= 15 is 0 Å². The monoisotopic (exact) mass is 295 g/mol. The quantitative estimate of drug-likeness (QED) is 0.879. The lowest BCUT2D eigenvalue weighted by molar-refractivity contribution is 0.526. The number of hydrogen-bond donors (Lipinski definition) is 1. The highest BCUT2D eigenvalue weighted by Crippen LogP contribution is 2.25. The van der Waals surface area contributed by atoms with E-state index in [0.717, 1.165) is 30.8 Å². The molecule has 5 heteroatoms. The van der Waals surface area contributed by atoms with E-state index in [4.69, 9.17) is 11.6 Å². The average Bonchev–Trinajstić information content (AvgIpc) is 2.91. The summed E-state index contributed by atoms with van der Waals surface area (Å²) in [6.45, 7) is 5.77. The van der Waals surface area contributed by atoms with Gasteiger partial charge in [0, 0.05) is 12.7 Å². The third-order valence-electron chi connectivity index (χ3n) is 3.22. The first-order valence-electron chi connectivity index (χ1n) is 6.87. The predicted octanol–water partition coefficient (Wildman–Crippen LogP) is 3.78. The first-order valence-corrected chi connectivity index (χ1v) is 7.25. The smallest absolute Gasteiger partial charge is 0.142 e. The molecule has 0 fully saturated rings. The number of rotatable bonds is 6. The Bertz CT molecular complexity index is 568. The number of aromatic nitrogens is 2. The van der Waals surface area contributed by atoms with Gasteiger partial charge < -0.3 is 5.32 Å². The molecule has 0 bridgehead atoms. The zero-order valence-corrected chi connectivity index (χ0v) is 12.5. The van der Waals surface area contributed by atoms with Crippen molar-refractivity contribution in [1.29, 1.82) is 0 Å². The van der Waals surface area contributed by atoms with Gasteiger partial charge in [0.15, 0.2) is 0 Å². The van der Waals surface area contributed by atoms with Crippen LogP contribution in [0.15, 0.2) is 30.5 Å². The minimum Gasteiger partial charge on any atom is -0.305 e. The van der Waals surface area contributed by atoms with Gasteiger partial charge in [0.2, 0.25) is 0 Å². The molecular weight excluding hydrogens is 277 g/mol. The second kappa shape index (κ2) is 6.86. The summed E-state index contributed by atoms with van der Waals surface area (Å²) < 4.78 is 15.6. The Morgan fingerprint density at radius 3 is 2.80 bits per heavy atom. The number of hydrogen-bond acceptors (Lipinski definition) is 2. The van der Waals surface area contributed by atoms with Gasteiger partial charge in [0.1, 0.15) is 5.82 Å². The van der Waals surface area contributed by atoms with Gasteiger partial charge in [-0.3, -0.25) is 4.68 Å². The largest absolute Gasteiger partial charge is 0.305 e. The Morgan fingerprint density at radius 1 is 1.35 bits per heavy atom. The van der Waals surface area contributed by atoms with Gasteiger partial charge >= 0.3 is 0 Å². The second-order valence-corrected chi connectivity index (χ2v) is 5.04. The standard InChI is InChI=1S/C15H19ClFN3/c1-3-8-18-15(14-7-9-19-20(14)4-2)11-5-6-12(16)13(17)10-11/h5-7,9-10,15,18H,3-4,8H2,1-2H3. The van der Waals surface area contributed by atoms with Crippen LogP contribution in [-0.2, 0) is 6.54 Å². The molecule has 1 N–H and O–H groups in total. The van der Waals surface area contributed by atoms with Gasteiger partial charge in [0.05, 0.1) is 16.8 Å². The van der Waals surface area contributed by atoms with E-state index in [1.165, 1.54) is 6.07 Å². The lowest BCUT2D eigenvalue weighted by atomic mass is 10.0. The van der Waals surface area contributed by atoms with Crippen molar-refractivity contribution < 1.29 is 4.39 Å². The van der Waals surface area contributed by atoms with E-state index in [9.17, 15) is 4.39 Å². The molecule has 2 aromatic rings. The molecule has 1 atom stereocenters. The van der Waals surface area contributed by atoms with Gasteiger partial charge in [0.25, 0.3) is 0 Å². The fraction of sp³-hybridized carbons (Fsp3) is 0.400. The third kappa shape index (κ3) is 3.19. The molecule has 0 spiro atoms. The highest BCUT2D eigenvalue weighted by atomic mass is 35.5. The molecule has 3 nitrogen and oxygen atoms in total. The maximum absolute atomic E-state index is 13.7. The van der Waals surface area contributed by atoms with E-state index in [1.54, 1.807) is 12.3 Å². The molecule has 0 aliphatic rings. The van der Waals surface area contributed by atoms with Crippen LogP contribution in [0, 0.1) is 5.82 Å². The van der Waals surface area contributed by atoms with Crippen molar-refractivity contribution in [1.82, 2.24) is 15.1 Å². The maximum atomic E-state index is 13.7. The van der Waals surface area contributed by atoms with Crippen molar-refractivity contribution in [2.45, 2.75) is 32.9 Å². The third-order valence-corrected chi connectivity index (χ3v) is 3.53. The zero-order valence-electron chi connectivity index (χ0n) is 11.7. The Hall–Kier alpha value is -1.39. The number of benzene rings is 1. The summed E-state index contributed by atoms with van der Waals surface area (Å²) in [7, 11) is 0. The van der Waals surface area contributed by atoms with E-state index in [2.05, 4.69) is 17.3 Å². The Kier molecular flexibility index (Phi) is 5.15. The molecule has 1 aromatic heterocycles. The Balaban J connectivity index is 2.38. The molecule has 20 heavy (non-hydrogen) atoms. The van der Waals surface area contributed by atoms with Crippen LogP contribution in [0.3, 0.4) is 0 Å². The molecule has 1 aromatic carbocycles. The van der Waals surface area contributed by atoms with Gasteiger partial charge in [-0.15, -0.1) is 0 Å². The molecular formula is C15H19ClFN3. The molecule has 1 unspecified atom stereocenters. The highest BCUT2D eigenvalue weighted by molar-refractivity contribution is 6.30. The van der Waals surface area contributed by atoms with Crippen LogP contribution in [0.5, 0.6) is 0 Å². The zero-order chi connectivity index (χ0) is 14.5. The normalized spacial score (nSPS) is 12.6. The minimum atomic E-state index is -0.393. The van der Waals surface area contributed by atoms with E-state index < -0.39 is 5.82 Å². The van der Waals surface area contributed by atoms with Gasteiger partial charge in [-0.1, -0.05) is 24.6 Å². The summed E-state index contributed by atoms with van der Waals surface area (Å²) in [5.41, 5.74) is 1.89. The molecule has 0 amide bonds. The van der Waals surface area contributed by atoms with Crippen LogP contribution in [0.2, 0.25) is 5.02 Å². The molecule has 0 radical (unpaired) electrons. The molecule has 2 rings (SSSR count). The molecule has 1 heterocycles. The first kappa shape index (κ1) is 15.0. The van der Waals surface area contributed by atoms with Crippen LogP contribution in [0.1, 0.15) is 37.6 Å². The van der Waals surface area contributed by atoms with E-state index in [0.29, 0.717) is 0 Å².